The molecular formula is C12H20N4O2. The number of carbonyl (C=O) groups is 1. The Hall–Kier alpha value is -1.40. The molecule has 0 aliphatic carbocycles. The predicted molar refractivity (Wildman–Crippen MR) is 67.1 cm³/mol. The van der Waals surface area contributed by atoms with Crippen molar-refractivity contribution < 1.29 is 9.53 Å². The van der Waals surface area contributed by atoms with Crippen LogP contribution in [0.25, 0.3) is 0 Å². The molecule has 1 amide bonds. The van der Waals surface area contributed by atoms with Crippen LogP contribution >= 0.6 is 0 Å². The quantitative estimate of drug-likeness (QED) is 0.738. The Balaban J connectivity index is 1.62. The van der Waals surface area contributed by atoms with Crippen LogP contribution < -0.4 is 10.6 Å². The van der Waals surface area contributed by atoms with Crippen molar-refractivity contribution in [3.8, 4) is 0 Å². The summed E-state index contributed by atoms with van der Waals surface area (Å²) >= 11 is 0. The van der Waals surface area contributed by atoms with E-state index >= 15 is 0 Å². The Morgan fingerprint density at radius 2 is 2.61 bits per heavy atom. The Morgan fingerprint density at radius 1 is 1.72 bits per heavy atom. The van der Waals surface area contributed by atoms with Crippen LogP contribution in [0.2, 0.25) is 0 Å². The number of morpholine rings is 1. The number of aryl methyl sites for hydroxylation is 1. The Bertz CT molecular complexity index is 385. The molecule has 18 heavy (non-hydrogen) atoms. The van der Waals surface area contributed by atoms with E-state index in [2.05, 4.69) is 15.7 Å². The smallest absolute Gasteiger partial charge is 0.221 e. The van der Waals surface area contributed by atoms with Crippen molar-refractivity contribution in [3.05, 3.63) is 18.0 Å². The summed E-state index contributed by atoms with van der Waals surface area (Å²) in [5, 5.41) is 10.4. The number of amides is 1. The lowest BCUT2D eigenvalue weighted by atomic mass is 10.2. The van der Waals surface area contributed by atoms with Gasteiger partial charge in [-0.2, -0.15) is 5.10 Å². The molecule has 0 spiro atoms. The molecule has 1 unspecified atom stereocenters. The molecule has 1 atom stereocenters. The van der Waals surface area contributed by atoms with E-state index in [1.807, 2.05) is 19.3 Å². The molecule has 0 aromatic carbocycles. The first-order valence-corrected chi connectivity index (χ1v) is 6.30. The molecule has 1 aliphatic rings. The van der Waals surface area contributed by atoms with Gasteiger partial charge < -0.3 is 15.4 Å². The number of carbonyl (C=O) groups excluding carboxylic acids is 1. The van der Waals surface area contributed by atoms with Crippen molar-refractivity contribution in [2.45, 2.75) is 18.9 Å². The summed E-state index contributed by atoms with van der Waals surface area (Å²) in [6.07, 6.45) is 3.14. The van der Waals surface area contributed by atoms with E-state index in [0.29, 0.717) is 19.6 Å². The number of aromatic nitrogens is 2. The van der Waals surface area contributed by atoms with Gasteiger partial charge in [0.25, 0.3) is 0 Å². The molecule has 0 radical (unpaired) electrons. The maximum absolute atomic E-state index is 11.7. The largest absolute Gasteiger partial charge is 0.378 e. The first kappa shape index (κ1) is 13.0. The highest BCUT2D eigenvalue weighted by molar-refractivity contribution is 5.76. The van der Waals surface area contributed by atoms with Gasteiger partial charge in [-0.15, -0.1) is 0 Å². The highest BCUT2D eigenvalue weighted by atomic mass is 16.5. The van der Waals surface area contributed by atoms with Gasteiger partial charge in [0.05, 0.1) is 18.9 Å². The fourth-order valence-electron chi connectivity index (χ4n) is 1.97. The van der Waals surface area contributed by atoms with E-state index in [4.69, 9.17) is 4.74 Å². The van der Waals surface area contributed by atoms with Crippen molar-refractivity contribution in [1.82, 2.24) is 20.4 Å². The second-order valence-corrected chi connectivity index (χ2v) is 4.51. The fraction of sp³-hybridized carbons (Fsp3) is 0.667. The SMILES string of the molecule is Cn1ccc(CCNC(=O)CC2COCCN2)n1. The van der Waals surface area contributed by atoms with Crippen LogP contribution in [-0.4, -0.2) is 48.0 Å². The normalized spacial score (nSPS) is 19.7. The summed E-state index contributed by atoms with van der Waals surface area (Å²) in [5.41, 5.74) is 0.997. The number of hydrogen-bond donors (Lipinski definition) is 2. The van der Waals surface area contributed by atoms with Crippen molar-refractivity contribution in [1.29, 1.82) is 0 Å². The molecule has 100 valence electrons. The molecular weight excluding hydrogens is 232 g/mol. The number of rotatable bonds is 5. The van der Waals surface area contributed by atoms with Crippen LogP contribution in [0.5, 0.6) is 0 Å². The molecule has 6 heteroatoms. The summed E-state index contributed by atoms with van der Waals surface area (Å²) in [5.74, 6) is 0.0638. The van der Waals surface area contributed by atoms with Gasteiger partial charge in [0.1, 0.15) is 0 Å². The molecule has 2 N–H and O–H groups in total. The molecule has 1 saturated heterocycles. The van der Waals surface area contributed by atoms with Crippen molar-refractivity contribution in [3.63, 3.8) is 0 Å². The van der Waals surface area contributed by atoms with E-state index in [1.54, 1.807) is 4.68 Å². The minimum absolute atomic E-state index is 0.0638. The summed E-state index contributed by atoms with van der Waals surface area (Å²) in [7, 11) is 1.89. The third-order valence-corrected chi connectivity index (χ3v) is 2.90. The van der Waals surface area contributed by atoms with Gasteiger partial charge in [0.15, 0.2) is 0 Å². The van der Waals surface area contributed by atoms with Crippen molar-refractivity contribution in [2.75, 3.05) is 26.3 Å². The monoisotopic (exact) mass is 252 g/mol. The van der Waals surface area contributed by atoms with Crippen LogP contribution in [0.4, 0.5) is 0 Å². The van der Waals surface area contributed by atoms with E-state index < -0.39 is 0 Å². The zero-order valence-electron chi connectivity index (χ0n) is 10.7. The van der Waals surface area contributed by atoms with Gasteiger partial charge in [-0.1, -0.05) is 0 Å². The van der Waals surface area contributed by atoms with Crippen LogP contribution in [0.1, 0.15) is 12.1 Å². The fourth-order valence-corrected chi connectivity index (χ4v) is 1.97. The number of nitrogens with zero attached hydrogens (tertiary/aromatic N) is 2. The molecule has 6 nitrogen and oxygen atoms in total. The number of ether oxygens (including phenoxy) is 1. The molecule has 1 aromatic rings. The lowest BCUT2D eigenvalue weighted by Gasteiger charge is -2.23. The van der Waals surface area contributed by atoms with Gasteiger partial charge in [0.2, 0.25) is 5.91 Å². The zero-order valence-corrected chi connectivity index (χ0v) is 10.7. The summed E-state index contributed by atoms with van der Waals surface area (Å²) < 4.78 is 7.07. The molecule has 2 heterocycles. The second-order valence-electron chi connectivity index (χ2n) is 4.51. The molecule has 0 bridgehead atoms. The second kappa shape index (κ2) is 6.51. The van der Waals surface area contributed by atoms with Gasteiger partial charge >= 0.3 is 0 Å². The minimum Gasteiger partial charge on any atom is -0.378 e. The third-order valence-electron chi connectivity index (χ3n) is 2.90. The van der Waals surface area contributed by atoms with Gasteiger partial charge in [-0.25, -0.2) is 0 Å². The summed E-state index contributed by atoms with van der Waals surface area (Å²) in [6.45, 7) is 2.81. The average molecular weight is 252 g/mol. The topological polar surface area (TPSA) is 68.2 Å². The summed E-state index contributed by atoms with van der Waals surface area (Å²) in [4.78, 5) is 11.7. The lowest BCUT2D eigenvalue weighted by Crippen LogP contribution is -2.44. The van der Waals surface area contributed by atoms with Crippen LogP contribution in [0.15, 0.2) is 12.3 Å². The van der Waals surface area contributed by atoms with Crippen LogP contribution in [-0.2, 0) is 23.0 Å². The first-order chi connectivity index (χ1) is 8.74. The zero-order chi connectivity index (χ0) is 12.8. The van der Waals surface area contributed by atoms with Crippen LogP contribution in [0, 0.1) is 0 Å². The van der Waals surface area contributed by atoms with Crippen molar-refractivity contribution in [2.24, 2.45) is 7.05 Å². The van der Waals surface area contributed by atoms with Gasteiger partial charge in [-0.3, -0.25) is 9.48 Å². The van der Waals surface area contributed by atoms with Gasteiger partial charge in [0, 0.05) is 45.2 Å². The maximum Gasteiger partial charge on any atom is 0.221 e. The van der Waals surface area contributed by atoms with E-state index in [0.717, 1.165) is 25.3 Å². The summed E-state index contributed by atoms with van der Waals surface area (Å²) in [6, 6.07) is 2.11. The number of hydrogen-bond acceptors (Lipinski definition) is 4. The predicted octanol–water partition coefficient (Wildman–Crippen LogP) is -0.543. The maximum atomic E-state index is 11.7. The van der Waals surface area contributed by atoms with Crippen molar-refractivity contribution >= 4 is 5.91 Å². The average Bonchev–Trinajstić information content (AvgIpc) is 2.76. The number of nitrogens with one attached hydrogen (secondary N) is 2. The standard InChI is InChI=1S/C12H20N4O2/c1-16-6-3-10(15-16)2-4-14-12(17)8-11-9-18-7-5-13-11/h3,6,11,13H,2,4-5,7-9H2,1H3,(H,14,17). The van der Waals surface area contributed by atoms with E-state index in [-0.39, 0.29) is 11.9 Å². The lowest BCUT2D eigenvalue weighted by molar-refractivity contribution is -0.122. The third kappa shape index (κ3) is 4.12. The van der Waals surface area contributed by atoms with Gasteiger partial charge in [-0.05, 0) is 6.07 Å². The minimum atomic E-state index is 0.0638. The van der Waals surface area contributed by atoms with E-state index in [9.17, 15) is 4.79 Å². The Kier molecular flexibility index (Phi) is 4.72. The van der Waals surface area contributed by atoms with E-state index in [1.165, 1.54) is 0 Å². The Labute approximate surface area is 107 Å². The molecule has 1 aliphatic heterocycles. The molecule has 1 aromatic heterocycles. The highest BCUT2D eigenvalue weighted by Gasteiger charge is 2.16. The molecule has 2 rings (SSSR count). The first-order valence-electron chi connectivity index (χ1n) is 6.30. The highest BCUT2D eigenvalue weighted by Crippen LogP contribution is 1.98. The van der Waals surface area contributed by atoms with Crippen LogP contribution in [0.3, 0.4) is 0 Å². The molecule has 0 saturated carbocycles. The molecule has 1 fully saturated rings. The Morgan fingerprint density at radius 3 is 3.28 bits per heavy atom.